The van der Waals surface area contributed by atoms with E-state index in [-0.39, 0.29) is 36.4 Å². The van der Waals surface area contributed by atoms with Crippen molar-refractivity contribution < 1.29 is 18.3 Å². The molecule has 33 heavy (non-hydrogen) atoms. The first kappa shape index (κ1) is 21.6. The van der Waals surface area contributed by atoms with Crippen LogP contribution in [-0.2, 0) is 0 Å². The first-order chi connectivity index (χ1) is 16.0. The molecule has 2 aromatic heterocycles. The third kappa shape index (κ3) is 4.35. The minimum Gasteiger partial charge on any atom is -0.448 e. The second-order valence-corrected chi connectivity index (χ2v) is 9.56. The topological polar surface area (TPSA) is 68.5 Å². The molecule has 0 saturated carbocycles. The van der Waals surface area contributed by atoms with E-state index >= 15 is 0 Å². The van der Waals surface area contributed by atoms with E-state index in [1.54, 1.807) is 12.1 Å². The molecule has 1 aliphatic rings. The highest BCUT2D eigenvalue weighted by Crippen LogP contribution is 2.33. The van der Waals surface area contributed by atoms with Gasteiger partial charge in [0.2, 0.25) is 0 Å². The molecule has 1 aliphatic heterocycles. The molecule has 0 bridgehead atoms. The Labute approximate surface area is 195 Å². The number of nitrogens with zero attached hydrogens (tertiary/aromatic N) is 3. The number of carbonyl (C=O) groups excluding carboxylic acids is 1. The molecule has 1 saturated heterocycles. The summed E-state index contributed by atoms with van der Waals surface area (Å²) < 4.78 is 25.0. The quantitative estimate of drug-likeness (QED) is 0.377. The van der Waals surface area contributed by atoms with E-state index in [1.807, 2.05) is 36.1 Å². The van der Waals surface area contributed by atoms with Crippen LogP contribution in [-0.4, -0.2) is 40.0 Å². The average Bonchev–Trinajstić information content (AvgIpc) is 3.41. The van der Waals surface area contributed by atoms with E-state index in [1.165, 1.54) is 23.5 Å². The third-order valence-electron chi connectivity index (χ3n) is 6.07. The van der Waals surface area contributed by atoms with Gasteiger partial charge >= 0.3 is 6.08 Å². The van der Waals surface area contributed by atoms with Gasteiger partial charge in [-0.25, -0.2) is 9.37 Å². The van der Waals surface area contributed by atoms with Crippen LogP contribution in [0.25, 0.3) is 21.5 Å². The summed E-state index contributed by atoms with van der Waals surface area (Å²) >= 11 is 1.44. The van der Waals surface area contributed by atoms with Gasteiger partial charge in [0.25, 0.3) is 5.91 Å². The number of rotatable bonds is 5. The Hall–Kier alpha value is -3.26. The first-order valence-corrected chi connectivity index (χ1v) is 11.8. The predicted molar refractivity (Wildman–Crippen MR) is 125 cm³/mol. The summed E-state index contributed by atoms with van der Waals surface area (Å²) in [5.41, 5.74) is 2.60. The Morgan fingerprint density at radius 3 is 2.79 bits per heavy atom. The van der Waals surface area contributed by atoms with E-state index in [0.29, 0.717) is 17.8 Å². The van der Waals surface area contributed by atoms with Crippen molar-refractivity contribution in [2.45, 2.75) is 32.7 Å². The van der Waals surface area contributed by atoms with Gasteiger partial charge in [0.05, 0.1) is 15.9 Å². The Bertz CT molecular complexity index is 1250. The largest absolute Gasteiger partial charge is 0.448 e. The first-order valence-electron chi connectivity index (χ1n) is 11.0. The van der Waals surface area contributed by atoms with Gasteiger partial charge in [0.15, 0.2) is 5.58 Å². The molecule has 6 nitrogen and oxygen atoms in total. The Morgan fingerprint density at radius 1 is 1.21 bits per heavy atom. The number of hydrogen-bond donors (Lipinski definition) is 0. The van der Waals surface area contributed by atoms with Crippen molar-refractivity contribution in [2.24, 2.45) is 5.92 Å². The van der Waals surface area contributed by atoms with Crippen molar-refractivity contribution in [1.82, 2.24) is 14.9 Å². The number of aryl methyl sites for hydroxylation is 1. The average molecular weight is 466 g/mol. The zero-order valence-corrected chi connectivity index (χ0v) is 19.3. The minimum absolute atomic E-state index is 0.128. The highest BCUT2D eigenvalue weighted by Gasteiger charge is 2.35. The van der Waals surface area contributed by atoms with Gasteiger partial charge < -0.3 is 14.1 Å². The van der Waals surface area contributed by atoms with E-state index in [9.17, 15) is 9.18 Å². The summed E-state index contributed by atoms with van der Waals surface area (Å²) in [6.07, 6.45) is 2.13. The molecule has 4 aromatic rings. The summed E-state index contributed by atoms with van der Waals surface area (Å²) in [6, 6.07) is 13.5. The summed E-state index contributed by atoms with van der Waals surface area (Å²) in [6.45, 7) is 4.92. The van der Waals surface area contributed by atoms with Crippen molar-refractivity contribution >= 4 is 28.3 Å². The third-order valence-corrected chi connectivity index (χ3v) is 7.09. The molecule has 0 radical (unpaired) electrons. The minimum atomic E-state index is -0.311. The molecular weight excluding hydrogens is 441 g/mol. The molecule has 0 aliphatic carbocycles. The lowest BCUT2D eigenvalue weighted by molar-refractivity contribution is 0.0351. The molecular formula is C25H24FN3O3S. The lowest BCUT2D eigenvalue weighted by Gasteiger charge is -2.39. The van der Waals surface area contributed by atoms with Crippen LogP contribution in [0.2, 0.25) is 0 Å². The Kier molecular flexibility index (Phi) is 5.85. The second kappa shape index (κ2) is 8.94. The fraction of sp³-hybridized carbons (Fsp3) is 0.320. The maximum atomic E-state index is 13.7. The van der Waals surface area contributed by atoms with E-state index in [2.05, 4.69) is 16.9 Å². The highest BCUT2D eigenvalue weighted by atomic mass is 32.1. The van der Waals surface area contributed by atoms with Crippen LogP contribution in [0, 0.1) is 18.7 Å². The van der Waals surface area contributed by atoms with Crippen LogP contribution in [0.5, 0.6) is 6.08 Å². The number of aromatic nitrogens is 2. The molecule has 2 aromatic carbocycles. The standard InChI is InChI=1S/C25H24FN3O3S/c1-15-6-5-13-29(20(15)14-31-25-28-19-7-3-4-8-21(19)32-25)24(30)22-23(33-16(2)27-22)17-9-11-18(26)12-10-17/h3-4,7-12,15,20H,5-6,13-14H2,1-2H3. The second-order valence-electron chi connectivity index (χ2n) is 8.36. The van der Waals surface area contributed by atoms with Gasteiger partial charge in [-0.3, -0.25) is 4.79 Å². The molecule has 1 fully saturated rings. The van der Waals surface area contributed by atoms with E-state index < -0.39 is 0 Å². The highest BCUT2D eigenvalue weighted by molar-refractivity contribution is 7.15. The Morgan fingerprint density at radius 2 is 2.00 bits per heavy atom. The van der Waals surface area contributed by atoms with Gasteiger partial charge in [-0.05, 0) is 55.5 Å². The molecule has 2 unspecified atom stereocenters. The molecule has 0 N–H and O–H groups in total. The molecule has 2 atom stereocenters. The summed E-state index contributed by atoms with van der Waals surface area (Å²) in [4.78, 5) is 25.2. The normalized spacial score (nSPS) is 18.6. The van der Waals surface area contributed by atoms with E-state index in [0.717, 1.165) is 33.8 Å². The number of likely N-dealkylation sites (tertiary alicyclic amines) is 1. The molecule has 170 valence electrons. The van der Waals surface area contributed by atoms with Crippen LogP contribution in [0.15, 0.2) is 52.9 Å². The van der Waals surface area contributed by atoms with Gasteiger partial charge in [-0.2, -0.15) is 4.98 Å². The number of piperidine rings is 1. The summed E-state index contributed by atoms with van der Waals surface area (Å²) in [5, 5.41) is 0.794. The number of thiazole rings is 1. The fourth-order valence-corrected chi connectivity index (χ4v) is 5.25. The number of amides is 1. The molecule has 1 amide bonds. The van der Waals surface area contributed by atoms with Gasteiger partial charge in [0, 0.05) is 6.54 Å². The Balaban J connectivity index is 1.39. The number of hydrogen-bond acceptors (Lipinski definition) is 6. The fourth-order valence-electron chi connectivity index (χ4n) is 4.33. The van der Waals surface area contributed by atoms with Crippen LogP contribution >= 0.6 is 11.3 Å². The number of halogens is 1. The number of oxazole rings is 1. The van der Waals surface area contributed by atoms with E-state index in [4.69, 9.17) is 9.15 Å². The molecule has 0 spiro atoms. The van der Waals surface area contributed by atoms with Crippen LogP contribution in [0.3, 0.4) is 0 Å². The predicted octanol–water partition coefficient (Wildman–Crippen LogP) is 5.72. The van der Waals surface area contributed by atoms with Crippen molar-refractivity contribution in [1.29, 1.82) is 0 Å². The lowest BCUT2D eigenvalue weighted by atomic mass is 9.91. The van der Waals surface area contributed by atoms with Crippen LogP contribution in [0.1, 0.15) is 35.3 Å². The number of fused-ring (bicyclic) bond motifs is 1. The lowest BCUT2D eigenvalue weighted by Crippen LogP contribution is -2.50. The maximum Gasteiger partial charge on any atom is 0.394 e. The van der Waals surface area contributed by atoms with Gasteiger partial charge in [-0.1, -0.05) is 31.2 Å². The number of para-hydroxylation sites is 2. The summed E-state index contributed by atoms with van der Waals surface area (Å²) in [5.74, 6) is -0.188. The number of carbonyl (C=O) groups is 1. The van der Waals surface area contributed by atoms with Crippen LogP contribution < -0.4 is 4.74 Å². The number of benzene rings is 2. The van der Waals surface area contributed by atoms with Crippen molar-refractivity contribution in [3.63, 3.8) is 0 Å². The zero-order valence-electron chi connectivity index (χ0n) is 18.5. The maximum absolute atomic E-state index is 13.7. The van der Waals surface area contributed by atoms with Crippen LogP contribution in [0.4, 0.5) is 4.39 Å². The molecule has 3 heterocycles. The van der Waals surface area contributed by atoms with Crippen molar-refractivity contribution in [3.05, 3.63) is 65.0 Å². The SMILES string of the molecule is Cc1nc(C(=O)N2CCCC(C)C2COc2nc3ccccc3o2)c(-c2ccc(F)cc2)s1. The molecule has 8 heteroatoms. The molecule has 5 rings (SSSR count). The van der Waals surface area contributed by atoms with Gasteiger partial charge in [-0.15, -0.1) is 11.3 Å². The monoisotopic (exact) mass is 465 g/mol. The smallest absolute Gasteiger partial charge is 0.394 e. The van der Waals surface area contributed by atoms with Gasteiger partial charge in [0.1, 0.15) is 23.6 Å². The summed E-state index contributed by atoms with van der Waals surface area (Å²) in [7, 11) is 0. The zero-order chi connectivity index (χ0) is 22.9. The number of ether oxygens (including phenoxy) is 1. The van der Waals surface area contributed by atoms with Crippen molar-refractivity contribution in [3.8, 4) is 16.5 Å². The van der Waals surface area contributed by atoms with Crippen molar-refractivity contribution in [2.75, 3.05) is 13.2 Å².